The van der Waals surface area contributed by atoms with Gasteiger partial charge in [0.15, 0.2) is 0 Å². The maximum Gasteiger partial charge on any atom is 0.112 e. The average molecular weight is 233 g/mol. The van der Waals surface area contributed by atoms with Crippen LogP contribution in [-0.4, -0.2) is 23.1 Å². The molecule has 1 aliphatic carbocycles. The van der Waals surface area contributed by atoms with Crippen molar-refractivity contribution in [3.8, 4) is 0 Å². The third-order valence-corrected chi connectivity index (χ3v) is 4.31. The van der Waals surface area contributed by atoms with Crippen LogP contribution in [0.4, 0.5) is 0 Å². The molecule has 94 valence electrons. The lowest BCUT2D eigenvalue weighted by atomic mass is 9.84. The predicted octanol–water partition coefficient (Wildman–Crippen LogP) is 2.25. The van der Waals surface area contributed by atoms with Gasteiger partial charge in [-0.1, -0.05) is 6.42 Å². The Bertz CT molecular complexity index is 390. The molecular weight excluding hydrogens is 210 g/mol. The van der Waals surface area contributed by atoms with Crippen LogP contribution in [0, 0.1) is 0 Å². The number of likely N-dealkylation sites (N-methyl/N-ethyl adjacent to an activating group) is 1. The zero-order valence-corrected chi connectivity index (χ0v) is 10.8. The Morgan fingerprint density at radius 2 is 2.18 bits per heavy atom. The molecule has 1 aliphatic heterocycles. The maximum atomic E-state index is 4.97. The van der Waals surface area contributed by atoms with Crippen LogP contribution >= 0.6 is 0 Å². The zero-order valence-electron chi connectivity index (χ0n) is 10.8. The Balaban J connectivity index is 1.89. The van der Waals surface area contributed by atoms with E-state index in [4.69, 9.17) is 4.98 Å². The molecule has 0 atom stereocenters. The molecule has 2 heterocycles. The average Bonchev–Trinajstić information content (AvgIpc) is 2.64. The molecule has 1 saturated carbocycles. The van der Waals surface area contributed by atoms with Crippen molar-refractivity contribution in [2.24, 2.45) is 0 Å². The molecule has 1 N–H and O–H groups in total. The summed E-state index contributed by atoms with van der Waals surface area (Å²) in [6, 6.07) is 0. The molecule has 0 unspecified atom stereocenters. The highest BCUT2D eigenvalue weighted by molar-refractivity contribution is 5.22. The van der Waals surface area contributed by atoms with Crippen molar-refractivity contribution >= 4 is 0 Å². The molecule has 0 bridgehead atoms. The summed E-state index contributed by atoms with van der Waals surface area (Å²) >= 11 is 0. The van der Waals surface area contributed by atoms with Gasteiger partial charge in [-0.15, -0.1) is 0 Å². The number of imidazole rings is 1. The summed E-state index contributed by atoms with van der Waals surface area (Å²) in [5.74, 6) is 2.19. The van der Waals surface area contributed by atoms with Crippen LogP contribution in [0.3, 0.4) is 0 Å². The summed E-state index contributed by atoms with van der Waals surface area (Å²) in [7, 11) is 2.02. The SMILES string of the molecule is CNCCc1nc(C2CCC2)n2c1CCCC2. The van der Waals surface area contributed by atoms with E-state index in [-0.39, 0.29) is 0 Å². The lowest BCUT2D eigenvalue weighted by molar-refractivity contribution is 0.376. The van der Waals surface area contributed by atoms with Crippen LogP contribution in [0.1, 0.15) is 55.2 Å². The van der Waals surface area contributed by atoms with Crippen molar-refractivity contribution in [2.45, 2.75) is 57.4 Å². The van der Waals surface area contributed by atoms with E-state index in [1.165, 1.54) is 56.6 Å². The van der Waals surface area contributed by atoms with Crippen molar-refractivity contribution < 1.29 is 0 Å². The topological polar surface area (TPSA) is 29.9 Å². The minimum Gasteiger partial charge on any atom is -0.332 e. The molecule has 0 amide bonds. The highest BCUT2D eigenvalue weighted by Crippen LogP contribution is 2.37. The van der Waals surface area contributed by atoms with E-state index in [9.17, 15) is 0 Å². The lowest BCUT2D eigenvalue weighted by Gasteiger charge is -2.27. The van der Waals surface area contributed by atoms with E-state index in [0.717, 1.165) is 18.9 Å². The standard InChI is InChI=1S/C14H23N3/c1-15-9-8-12-13-7-2-3-10-17(13)14(16-12)11-5-4-6-11/h11,15H,2-10H2,1H3. The van der Waals surface area contributed by atoms with Gasteiger partial charge in [0.1, 0.15) is 5.82 Å². The number of fused-ring (bicyclic) bond motifs is 1. The molecule has 0 saturated heterocycles. The molecule has 1 aromatic rings. The van der Waals surface area contributed by atoms with Crippen LogP contribution in [0.25, 0.3) is 0 Å². The maximum absolute atomic E-state index is 4.97. The third kappa shape index (κ3) is 2.01. The number of hydrogen-bond acceptors (Lipinski definition) is 2. The first-order valence-corrected chi connectivity index (χ1v) is 7.13. The second-order valence-corrected chi connectivity index (χ2v) is 5.45. The molecule has 0 aromatic carbocycles. The lowest BCUT2D eigenvalue weighted by Crippen LogP contribution is -2.19. The Morgan fingerprint density at radius 3 is 2.88 bits per heavy atom. The van der Waals surface area contributed by atoms with Crippen LogP contribution < -0.4 is 5.32 Å². The first kappa shape index (κ1) is 11.3. The molecule has 3 heteroatoms. The van der Waals surface area contributed by atoms with E-state index >= 15 is 0 Å². The number of nitrogens with one attached hydrogen (secondary N) is 1. The van der Waals surface area contributed by atoms with Crippen molar-refractivity contribution in [1.82, 2.24) is 14.9 Å². The Kier molecular flexibility index (Phi) is 3.19. The molecule has 17 heavy (non-hydrogen) atoms. The highest BCUT2D eigenvalue weighted by atomic mass is 15.1. The molecule has 3 rings (SSSR count). The van der Waals surface area contributed by atoms with Crippen LogP contribution in [0.15, 0.2) is 0 Å². The minimum absolute atomic E-state index is 0.773. The molecule has 0 spiro atoms. The van der Waals surface area contributed by atoms with Crippen molar-refractivity contribution in [1.29, 1.82) is 0 Å². The van der Waals surface area contributed by atoms with Gasteiger partial charge in [-0.05, 0) is 39.2 Å². The smallest absolute Gasteiger partial charge is 0.112 e. The van der Waals surface area contributed by atoms with E-state index in [0.29, 0.717) is 0 Å². The Labute approximate surface area is 104 Å². The van der Waals surface area contributed by atoms with Gasteiger partial charge in [0, 0.05) is 31.1 Å². The van der Waals surface area contributed by atoms with E-state index in [1.54, 1.807) is 5.69 Å². The van der Waals surface area contributed by atoms with Gasteiger partial charge in [-0.25, -0.2) is 4.98 Å². The summed E-state index contributed by atoms with van der Waals surface area (Å²) in [5, 5.41) is 3.24. The van der Waals surface area contributed by atoms with Gasteiger partial charge < -0.3 is 9.88 Å². The first-order valence-electron chi connectivity index (χ1n) is 7.13. The van der Waals surface area contributed by atoms with Gasteiger partial charge in [-0.2, -0.15) is 0 Å². The minimum atomic E-state index is 0.773. The Morgan fingerprint density at radius 1 is 1.29 bits per heavy atom. The van der Waals surface area contributed by atoms with Gasteiger partial charge in [0.2, 0.25) is 0 Å². The normalized spacial score (nSPS) is 20.1. The van der Waals surface area contributed by atoms with Crippen LogP contribution in [-0.2, 0) is 19.4 Å². The fourth-order valence-electron chi connectivity index (χ4n) is 3.07. The van der Waals surface area contributed by atoms with Gasteiger partial charge in [0.05, 0.1) is 5.69 Å². The monoisotopic (exact) mass is 233 g/mol. The van der Waals surface area contributed by atoms with Gasteiger partial charge in [-0.3, -0.25) is 0 Å². The zero-order chi connectivity index (χ0) is 11.7. The summed E-state index contributed by atoms with van der Waals surface area (Å²) in [6.07, 6.45) is 9.16. The van der Waals surface area contributed by atoms with Gasteiger partial charge in [0.25, 0.3) is 0 Å². The molecule has 1 aromatic heterocycles. The third-order valence-electron chi connectivity index (χ3n) is 4.31. The molecule has 3 nitrogen and oxygen atoms in total. The van der Waals surface area contributed by atoms with Crippen molar-refractivity contribution in [3.05, 3.63) is 17.2 Å². The second kappa shape index (κ2) is 4.81. The summed E-state index contributed by atoms with van der Waals surface area (Å²) in [6.45, 7) is 2.27. The van der Waals surface area contributed by atoms with Gasteiger partial charge >= 0.3 is 0 Å². The molecule has 1 fully saturated rings. The highest BCUT2D eigenvalue weighted by Gasteiger charge is 2.28. The fourth-order valence-corrected chi connectivity index (χ4v) is 3.07. The molecule has 0 radical (unpaired) electrons. The van der Waals surface area contributed by atoms with E-state index in [1.807, 2.05) is 7.05 Å². The van der Waals surface area contributed by atoms with E-state index < -0.39 is 0 Å². The predicted molar refractivity (Wildman–Crippen MR) is 69.4 cm³/mol. The number of nitrogens with zero attached hydrogens (tertiary/aromatic N) is 2. The fraction of sp³-hybridized carbons (Fsp3) is 0.786. The number of aromatic nitrogens is 2. The summed E-state index contributed by atoms with van der Waals surface area (Å²) in [4.78, 5) is 4.97. The first-order chi connectivity index (χ1) is 8.40. The van der Waals surface area contributed by atoms with Crippen molar-refractivity contribution in [2.75, 3.05) is 13.6 Å². The second-order valence-electron chi connectivity index (χ2n) is 5.45. The van der Waals surface area contributed by atoms with Crippen LogP contribution in [0.2, 0.25) is 0 Å². The Hall–Kier alpha value is -0.830. The number of rotatable bonds is 4. The van der Waals surface area contributed by atoms with Crippen molar-refractivity contribution in [3.63, 3.8) is 0 Å². The summed E-state index contributed by atoms with van der Waals surface area (Å²) < 4.78 is 2.55. The summed E-state index contributed by atoms with van der Waals surface area (Å²) in [5.41, 5.74) is 2.93. The quantitative estimate of drug-likeness (QED) is 0.864. The van der Waals surface area contributed by atoms with E-state index in [2.05, 4.69) is 9.88 Å². The van der Waals surface area contributed by atoms with Crippen LogP contribution in [0.5, 0.6) is 0 Å². The molecular formula is C14H23N3. The largest absolute Gasteiger partial charge is 0.332 e. The number of hydrogen-bond donors (Lipinski definition) is 1. The molecule has 2 aliphatic rings.